The molecular weight excluding hydrogens is 703 g/mol. The first-order valence-corrected chi connectivity index (χ1v) is 17.8. The number of nitrogens with zero attached hydrogens (tertiary/aromatic N) is 4. The van der Waals surface area contributed by atoms with Gasteiger partial charge in [-0.2, -0.15) is 13.2 Å². The molecule has 0 spiro atoms. The fourth-order valence-electron chi connectivity index (χ4n) is 6.25. The highest BCUT2D eigenvalue weighted by Gasteiger charge is 2.32. The van der Waals surface area contributed by atoms with E-state index in [1.165, 1.54) is 47.1 Å². The summed E-state index contributed by atoms with van der Waals surface area (Å²) >= 11 is 0. The number of carbonyl (C=O) groups is 2. The summed E-state index contributed by atoms with van der Waals surface area (Å²) in [6, 6.07) is 23.7. The smallest absolute Gasteiger partial charge is 0.378 e. The fourth-order valence-corrected chi connectivity index (χ4v) is 6.25. The number of hydrogen-bond donors (Lipinski definition) is 0. The Bertz CT molecular complexity index is 1880. The van der Waals surface area contributed by atoms with Crippen molar-refractivity contribution in [1.29, 1.82) is 0 Å². The molecule has 0 radical (unpaired) electrons. The van der Waals surface area contributed by atoms with Crippen molar-refractivity contribution in [2.45, 2.75) is 38.7 Å². The molecule has 4 aromatic carbocycles. The van der Waals surface area contributed by atoms with Crippen LogP contribution in [-0.4, -0.2) is 86.0 Å². The number of amides is 2. The Morgan fingerprint density at radius 3 is 2.13 bits per heavy atom. The first kappa shape index (κ1) is 40.1. The molecular formula is C42H45F5N4O3. The zero-order chi connectivity index (χ0) is 38.8. The number of likely N-dealkylation sites (N-methyl/N-ethyl adjacent to an activating group) is 2. The molecule has 12 heteroatoms. The second-order valence-electron chi connectivity index (χ2n) is 13.6. The van der Waals surface area contributed by atoms with Gasteiger partial charge in [0.2, 0.25) is 11.8 Å². The Kier molecular flexibility index (Phi) is 13.6. The van der Waals surface area contributed by atoms with Crippen LogP contribution in [0.2, 0.25) is 0 Å². The van der Waals surface area contributed by atoms with E-state index in [2.05, 4.69) is 4.90 Å². The molecule has 0 unspecified atom stereocenters. The van der Waals surface area contributed by atoms with Gasteiger partial charge in [-0.05, 0) is 66.6 Å². The first-order valence-electron chi connectivity index (χ1n) is 17.8. The van der Waals surface area contributed by atoms with Crippen LogP contribution in [0.15, 0.2) is 97.1 Å². The predicted octanol–water partition coefficient (Wildman–Crippen LogP) is 7.37. The van der Waals surface area contributed by atoms with E-state index >= 15 is 0 Å². The standard InChI is InChI=1S/C42H45F5N4O3/c1-30-9-15-34(40(44)39(30)43)29-48(2)21-22-49(3)41(53)37(27-32-7-5-4-6-8-32)51(28-33-12-18-36(19-13-33)50-23-25-54-26-24-50)38(52)20-14-31-10-16-35(17-11-31)42(45,46)47/h4-20,37H,21-29H2,1-3H3/t37-/m0/s1. The van der Waals surface area contributed by atoms with Crippen molar-refractivity contribution in [1.82, 2.24) is 14.7 Å². The summed E-state index contributed by atoms with van der Waals surface area (Å²) in [4.78, 5) is 35.6. The molecule has 1 fully saturated rings. The van der Waals surface area contributed by atoms with Crippen LogP contribution < -0.4 is 4.90 Å². The number of anilines is 1. The van der Waals surface area contributed by atoms with E-state index in [0.717, 1.165) is 42.0 Å². The van der Waals surface area contributed by atoms with Crippen molar-refractivity contribution in [3.8, 4) is 0 Å². The molecule has 1 aliphatic rings. The molecule has 1 aliphatic heterocycles. The number of rotatable bonds is 14. The zero-order valence-electron chi connectivity index (χ0n) is 30.7. The molecule has 0 aromatic heterocycles. The van der Waals surface area contributed by atoms with Crippen LogP contribution in [0.4, 0.5) is 27.6 Å². The molecule has 5 rings (SSSR count). The largest absolute Gasteiger partial charge is 0.416 e. The number of aryl methyl sites for hydroxylation is 1. The molecule has 0 aliphatic carbocycles. The molecule has 1 saturated heterocycles. The van der Waals surface area contributed by atoms with Gasteiger partial charge in [0.05, 0.1) is 18.8 Å². The average molecular weight is 749 g/mol. The highest BCUT2D eigenvalue weighted by Crippen LogP contribution is 2.29. The minimum atomic E-state index is -4.49. The van der Waals surface area contributed by atoms with Crippen molar-refractivity contribution in [2.75, 3.05) is 58.4 Å². The minimum Gasteiger partial charge on any atom is -0.378 e. The van der Waals surface area contributed by atoms with Crippen LogP contribution in [0.5, 0.6) is 0 Å². The van der Waals surface area contributed by atoms with Crippen molar-refractivity contribution in [3.63, 3.8) is 0 Å². The van der Waals surface area contributed by atoms with Gasteiger partial charge in [0.15, 0.2) is 11.6 Å². The van der Waals surface area contributed by atoms with Crippen LogP contribution in [-0.2, 0) is 40.0 Å². The van der Waals surface area contributed by atoms with Crippen molar-refractivity contribution in [3.05, 3.63) is 142 Å². The van der Waals surface area contributed by atoms with Gasteiger partial charge in [-0.15, -0.1) is 0 Å². The highest BCUT2D eigenvalue weighted by molar-refractivity contribution is 5.95. The lowest BCUT2D eigenvalue weighted by molar-refractivity contribution is -0.143. The number of benzene rings is 4. The summed E-state index contributed by atoms with van der Waals surface area (Å²) in [5, 5.41) is 0. The summed E-state index contributed by atoms with van der Waals surface area (Å²) in [5.41, 5.74) is 2.63. The summed E-state index contributed by atoms with van der Waals surface area (Å²) in [6.07, 6.45) is -1.59. The van der Waals surface area contributed by atoms with E-state index in [9.17, 15) is 31.5 Å². The van der Waals surface area contributed by atoms with E-state index in [4.69, 9.17) is 4.74 Å². The van der Waals surface area contributed by atoms with Crippen LogP contribution in [0.25, 0.3) is 6.08 Å². The Morgan fingerprint density at radius 1 is 0.815 bits per heavy atom. The number of ether oxygens (including phenoxy) is 1. The highest BCUT2D eigenvalue weighted by atomic mass is 19.4. The first-order chi connectivity index (χ1) is 25.8. The third-order valence-corrected chi connectivity index (χ3v) is 9.53. The van der Waals surface area contributed by atoms with Gasteiger partial charge in [-0.25, -0.2) is 8.78 Å². The second-order valence-corrected chi connectivity index (χ2v) is 13.6. The lowest BCUT2D eigenvalue weighted by Gasteiger charge is -2.34. The number of morpholine rings is 1. The molecule has 286 valence electrons. The molecule has 0 N–H and O–H groups in total. The van der Waals surface area contributed by atoms with Gasteiger partial charge in [-0.1, -0.05) is 66.7 Å². The van der Waals surface area contributed by atoms with Crippen molar-refractivity contribution < 1.29 is 36.3 Å². The van der Waals surface area contributed by atoms with Crippen LogP contribution >= 0.6 is 0 Å². The molecule has 4 aromatic rings. The third kappa shape index (κ3) is 10.8. The zero-order valence-corrected chi connectivity index (χ0v) is 30.7. The Labute approximate surface area is 313 Å². The Balaban J connectivity index is 1.40. The maximum atomic E-state index is 14.6. The average Bonchev–Trinajstić information content (AvgIpc) is 3.18. The van der Waals surface area contributed by atoms with Gasteiger partial charge < -0.3 is 24.3 Å². The van der Waals surface area contributed by atoms with Crippen molar-refractivity contribution >= 4 is 23.6 Å². The summed E-state index contributed by atoms with van der Waals surface area (Å²) in [5.74, 6) is -2.61. The quantitative estimate of drug-likeness (QED) is 0.0997. The van der Waals surface area contributed by atoms with E-state index in [0.29, 0.717) is 25.3 Å². The van der Waals surface area contributed by atoms with Crippen molar-refractivity contribution in [2.24, 2.45) is 0 Å². The fraction of sp³-hybridized carbons (Fsp3) is 0.333. The summed E-state index contributed by atoms with van der Waals surface area (Å²) in [6.45, 7) is 5.03. The van der Waals surface area contributed by atoms with Gasteiger partial charge in [-0.3, -0.25) is 9.59 Å². The van der Waals surface area contributed by atoms with Crippen LogP contribution in [0, 0.1) is 18.6 Å². The van der Waals surface area contributed by atoms with Gasteiger partial charge in [0.1, 0.15) is 6.04 Å². The SMILES string of the molecule is Cc1ccc(CN(C)CCN(C)C(=O)[C@H](Cc2ccccc2)N(Cc2ccc(N3CCOCC3)cc2)C(=O)C=Cc2ccc(C(F)(F)F)cc2)c(F)c1F. The number of alkyl halides is 3. The lowest BCUT2D eigenvalue weighted by atomic mass is 10.0. The Hall–Kier alpha value is -5.07. The molecule has 1 atom stereocenters. The van der Waals surface area contributed by atoms with E-state index in [1.54, 1.807) is 25.1 Å². The second kappa shape index (κ2) is 18.3. The Morgan fingerprint density at radius 2 is 1.48 bits per heavy atom. The minimum absolute atomic E-state index is 0.0782. The maximum absolute atomic E-state index is 14.6. The normalized spacial score (nSPS) is 14.1. The van der Waals surface area contributed by atoms with Gasteiger partial charge >= 0.3 is 6.18 Å². The number of carbonyl (C=O) groups excluding carboxylic acids is 2. The van der Waals surface area contributed by atoms with Gasteiger partial charge in [0, 0.05) is 70.1 Å². The number of halogens is 5. The van der Waals surface area contributed by atoms with Crippen LogP contribution in [0.1, 0.15) is 33.4 Å². The maximum Gasteiger partial charge on any atom is 0.416 e. The van der Waals surface area contributed by atoms with E-state index in [-0.39, 0.29) is 43.1 Å². The molecule has 1 heterocycles. The molecule has 54 heavy (non-hydrogen) atoms. The lowest BCUT2D eigenvalue weighted by Crippen LogP contribution is -2.51. The van der Waals surface area contributed by atoms with Crippen LogP contribution in [0.3, 0.4) is 0 Å². The molecule has 0 bridgehead atoms. The summed E-state index contributed by atoms with van der Waals surface area (Å²) in [7, 11) is 3.39. The molecule has 2 amide bonds. The molecule has 0 saturated carbocycles. The number of hydrogen-bond acceptors (Lipinski definition) is 5. The predicted molar refractivity (Wildman–Crippen MR) is 200 cm³/mol. The van der Waals surface area contributed by atoms with E-state index in [1.807, 2.05) is 54.6 Å². The topological polar surface area (TPSA) is 56.3 Å². The monoisotopic (exact) mass is 748 g/mol. The molecule has 7 nitrogen and oxygen atoms in total. The van der Waals surface area contributed by atoms with Gasteiger partial charge in [0.25, 0.3) is 0 Å². The van der Waals surface area contributed by atoms with E-state index < -0.39 is 35.3 Å². The third-order valence-electron chi connectivity index (χ3n) is 9.53. The summed E-state index contributed by atoms with van der Waals surface area (Å²) < 4.78 is 73.8.